The molecule has 0 aliphatic carbocycles. The monoisotopic (exact) mass is 428 g/mol. The quantitative estimate of drug-likeness (QED) is 0.162. The summed E-state index contributed by atoms with van der Waals surface area (Å²) in [4.78, 5) is 0. The molecule has 1 atom stereocenters. The third kappa shape index (κ3) is 11.8. The van der Waals surface area contributed by atoms with Gasteiger partial charge in [0.25, 0.3) is 0 Å². The van der Waals surface area contributed by atoms with Gasteiger partial charge in [-0.2, -0.15) is 0 Å². The van der Waals surface area contributed by atoms with Crippen molar-refractivity contribution >= 4 is 15.2 Å². The first-order valence-electron chi connectivity index (χ1n) is 10.7. The molecule has 0 aromatic heterocycles. The van der Waals surface area contributed by atoms with Crippen LogP contribution in [0.15, 0.2) is 0 Å². The van der Waals surface area contributed by atoms with Gasteiger partial charge in [-0.3, -0.25) is 9.13 Å². The van der Waals surface area contributed by atoms with Crippen molar-refractivity contribution in [3.05, 3.63) is 0 Å². The highest BCUT2D eigenvalue weighted by atomic mass is 31.2. The highest BCUT2D eigenvalue weighted by molar-refractivity contribution is 7.54. The molecule has 0 aliphatic rings. The number of hydrogen-bond donors (Lipinski definition) is 0. The molecule has 0 saturated carbocycles. The van der Waals surface area contributed by atoms with Crippen LogP contribution in [0.4, 0.5) is 0 Å². The van der Waals surface area contributed by atoms with Gasteiger partial charge in [0.2, 0.25) is 0 Å². The molecule has 0 fully saturated rings. The Morgan fingerprint density at radius 1 is 0.630 bits per heavy atom. The zero-order valence-electron chi connectivity index (χ0n) is 18.1. The molecule has 164 valence electrons. The van der Waals surface area contributed by atoms with E-state index in [1.54, 1.807) is 0 Å². The predicted molar refractivity (Wildman–Crippen MR) is 113 cm³/mol. The molecule has 0 aliphatic heterocycles. The molecule has 0 rings (SSSR count). The molecule has 0 radical (unpaired) electrons. The fourth-order valence-electron chi connectivity index (χ4n) is 3.15. The van der Waals surface area contributed by atoms with Crippen LogP contribution in [0.1, 0.15) is 86.0 Å². The lowest BCUT2D eigenvalue weighted by molar-refractivity contribution is 0.209. The minimum Gasteiger partial charge on any atom is -0.309 e. The first-order chi connectivity index (χ1) is 12.9. The SMILES string of the molecule is CCOP(=O)(CCCCCCCCC(CC)P(=O)(OCC)OCC)OCC. The van der Waals surface area contributed by atoms with E-state index < -0.39 is 15.2 Å². The summed E-state index contributed by atoms with van der Waals surface area (Å²) >= 11 is 0. The summed E-state index contributed by atoms with van der Waals surface area (Å²) < 4.78 is 46.8. The van der Waals surface area contributed by atoms with Crippen LogP contribution >= 0.6 is 15.2 Å². The Hall–Kier alpha value is 0.300. The third-order valence-electron chi connectivity index (χ3n) is 4.41. The first-order valence-corrected chi connectivity index (χ1v) is 14.0. The molecular formula is C19H42O6P2. The summed E-state index contributed by atoms with van der Waals surface area (Å²) in [6.07, 6.45) is 8.41. The second kappa shape index (κ2) is 16.1. The Bertz CT molecular complexity index is 424. The van der Waals surface area contributed by atoms with Crippen LogP contribution < -0.4 is 0 Å². The number of hydrogen-bond acceptors (Lipinski definition) is 6. The Kier molecular flexibility index (Phi) is 16.3. The zero-order chi connectivity index (χ0) is 20.6. The van der Waals surface area contributed by atoms with E-state index in [1.165, 1.54) is 0 Å². The molecule has 27 heavy (non-hydrogen) atoms. The highest BCUT2D eigenvalue weighted by Crippen LogP contribution is 2.55. The molecule has 0 amide bonds. The minimum atomic E-state index is -2.99. The van der Waals surface area contributed by atoms with Crippen molar-refractivity contribution in [3.8, 4) is 0 Å². The van der Waals surface area contributed by atoms with Crippen molar-refractivity contribution in [2.45, 2.75) is 91.6 Å². The lowest BCUT2D eigenvalue weighted by atomic mass is 10.1. The van der Waals surface area contributed by atoms with Crippen molar-refractivity contribution in [2.75, 3.05) is 32.6 Å². The number of rotatable bonds is 19. The molecule has 8 heteroatoms. The van der Waals surface area contributed by atoms with Gasteiger partial charge in [-0.05, 0) is 47.0 Å². The Morgan fingerprint density at radius 3 is 1.52 bits per heavy atom. The van der Waals surface area contributed by atoms with E-state index in [0.29, 0.717) is 32.6 Å². The molecule has 1 unspecified atom stereocenters. The Morgan fingerprint density at radius 2 is 1.07 bits per heavy atom. The van der Waals surface area contributed by atoms with E-state index in [9.17, 15) is 9.13 Å². The van der Waals surface area contributed by atoms with Crippen molar-refractivity contribution in [2.24, 2.45) is 0 Å². The summed E-state index contributed by atoms with van der Waals surface area (Å²) in [5.74, 6) is 0. The topological polar surface area (TPSA) is 71.1 Å². The Labute approximate surface area is 167 Å². The van der Waals surface area contributed by atoms with E-state index in [2.05, 4.69) is 0 Å². The van der Waals surface area contributed by atoms with Crippen molar-refractivity contribution in [3.63, 3.8) is 0 Å². The fourth-order valence-corrected chi connectivity index (χ4v) is 7.04. The van der Waals surface area contributed by atoms with Gasteiger partial charge in [-0.25, -0.2) is 0 Å². The molecule has 0 spiro atoms. The lowest BCUT2D eigenvalue weighted by Gasteiger charge is -2.25. The second-order valence-corrected chi connectivity index (χ2v) is 11.0. The molecule has 0 saturated heterocycles. The summed E-state index contributed by atoms with van der Waals surface area (Å²) in [6, 6.07) is 0. The molecule has 0 aromatic carbocycles. The summed E-state index contributed by atoms with van der Waals surface area (Å²) in [5.41, 5.74) is -0.0133. The van der Waals surface area contributed by atoms with Crippen LogP contribution in [0.2, 0.25) is 0 Å². The minimum absolute atomic E-state index is 0.0133. The average molecular weight is 428 g/mol. The van der Waals surface area contributed by atoms with Gasteiger partial charge in [0.15, 0.2) is 0 Å². The maximum absolute atomic E-state index is 12.9. The fraction of sp³-hybridized carbons (Fsp3) is 1.00. The van der Waals surface area contributed by atoms with Crippen molar-refractivity contribution in [1.29, 1.82) is 0 Å². The molecule has 0 N–H and O–H groups in total. The van der Waals surface area contributed by atoms with Crippen LogP contribution in [0.25, 0.3) is 0 Å². The van der Waals surface area contributed by atoms with Gasteiger partial charge in [-0.15, -0.1) is 0 Å². The van der Waals surface area contributed by atoms with E-state index in [0.717, 1.165) is 51.4 Å². The van der Waals surface area contributed by atoms with E-state index in [1.807, 2.05) is 34.6 Å². The van der Waals surface area contributed by atoms with E-state index >= 15 is 0 Å². The van der Waals surface area contributed by atoms with Gasteiger partial charge in [-0.1, -0.05) is 39.0 Å². The van der Waals surface area contributed by atoms with E-state index in [-0.39, 0.29) is 5.66 Å². The zero-order valence-corrected chi connectivity index (χ0v) is 19.9. The lowest BCUT2D eigenvalue weighted by Crippen LogP contribution is -2.12. The highest BCUT2D eigenvalue weighted by Gasteiger charge is 2.33. The van der Waals surface area contributed by atoms with Crippen LogP contribution in [0.5, 0.6) is 0 Å². The summed E-state index contributed by atoms with van der Waals surface area (Å²) in [6.45, 7) is 11.1. The van der Waals surface area contributed by atoms with Crippen molar-refractivity contribution in [1.82, 2.24) is 0 Å². The first kappa shape index (κ1) is 27.3. The predicted octanol–water partition coefficient (Wildman–Crippen LogP) is 7.03. The molecule has 0 aromatic rings. The van der Waals surface area contributed by atoms with Gasteiger partial charge in [0.05, 0.1) is 38.2 Å². The summed E-state index contributed by atoms with van der Waals surface area (Å²) in [7, 11) is -5.88. The molecular weight excluding hydrogens is 386 g/mol. The van der Waals surface area contributed by atoms with Crippen LogP contribution in [0, 0.1) is 0 Å². The van der Waals surface area contributed by atoms with Gasteiger partial charge in [0, 0.05) is 0 Å². The maximum atomic E-state index is 12.9. The smallest absolute Gasteiger partial charge is 0.309 e. The largest absolute Gasteiger partial charge is 0.333 e. The average Bonchev–Trinajstić information content (AvgIpc) is 2.61. The number of unbranched alkanes of at least 4 members (excludes halogenated alkanes) is 5. The van der Waals surface area contributed by atoms with Gasteiger partial charge in [0.1, 0.15) is 0 Å². The maximum Gasteiger partial charge on any atom is 0.333 e. The second-order valence-electron chi connectivity index (χ2n) is 6.52. The molecule has 0 heterocycles. The van der Waals surface area contributed by atoms with Crippen molar-refractivity contribution < 1.29 is 27.2 Å². The van der Waals surface area contributed by atoms with Crippen LogP contribution in [-0.4, -0.2) is 38.2 Å². The Balaban J connectivity index is 4.04. The molecule has 6 nitrogen and oxygen atoms in total. The van der Waals surface area contributed by atoms with Crippen LogP contribution in [0.3, 0.4) is 0 Å². The van der Waals surface area contributed by atoms with Gasteiger partial charge < -0.3 is 18.1 Å². The summed E-state index contributed by atoms with van der Waals surface area (Å²) in [5, 5.41) is 0. The van der Waals surface area contributed by atoms with Gasteiger partial charge >= 0.3 is 15.2 Å². The molecule has 0 bridgehead atoms. The normalized spacial score (nSPS) is 13.8. The van der Waals surface area contributed by atoms with E-state index in [4.69, 9.17) is 18.1 Å². The third-order valence-corrected chi connectivity index (χ3v) is 9.33. The standard InChI is InChI=1S/C19H42O6P2/c1-6-19(27(21,24-9-4)25-10-5)17-15-13-11-12-14-16-18-26(20,22-7-2)23-8-3/h19H,6-18H2,1-5H3. The van der Waals surface area contributed by atoms with Crippen LogP contribution in [-0.2, 0) is 27.2 Å².